The molecule has 1 aromatic heterocycles. The van der Waals surface area contributed by atoms with Gasteiger partial charge in [0.1, 0.15) is 5.75 Å². The smallest absolute Gasteiger partial charge is 0.279 e. The fourth-order valence-electron chi connectivity index (χ4n) is 1.50. The molecule has 0 aliphatic rings. The lowest BCUT2D eigenvalue weighted by Gasteiger charge is -2.09. The van der Waals surface area contributed by atoms with Gasteiger partial charge in [0.25, 0.3) is 11.8 Å². The van der Waals surface area contributed by atoms with Crippen LogP contribution in [-0.2, 0) is 4.79 Å². The maximum absolute atomic E-state index is 11.6. The topological polar surface area (TPSA) is 67.4 Å². The van der Waals surface area contributed by atoms with Crippen LogP contribution in [0.15, 0.2) is 40.2 Å². The normalized spacial score (nSPS) is 10.0. The van der Waals surface area contributed by atoms with Crippen LogP contribution in [0.3, 0.4) is 0 Å². The number of benzene rings is 1. The SMILES string of the molecule is Cc1ccc(OCC(=O)NNC(=O)c2cccs2)c(Br)c1. The number of nitrogens with one attached hydrogen (secondary N) is 2. The molecular weight excluding hydrogens is 356 g/mol. The van der Waals surface area contributed by atoms with Gasteiger partial charge in [-0.15, -0.1) is 11.3 Å². The molecule has 0 saturated heterocycles. The number of halogens is 1. The molecule has 0 atom stereocenters. The largest absolute Gasteiger partial charge is 0.483 e. The van der Waals surface area contributed by atoms with Crippen LogP contribution in [0.4, 0.5) is 0 Å². The molecule has 0 radical (unpaired) electrons. The first kappa shape index (κ1) is 15.5. The van der Waals surface area contributed by atoms with Crippen molar-refractivity contribution in [1.29, 1.82) is 0 Å². The molecule has 2 amide bonds. The highest BCUT2D eigenvalue weighted by Crippen LogP contribution is 2.25. The molecule has 0 fully saturated rings. The molecule has 110 valence electrons. The lowest BCUT2D eigenvalue weighted by molar-refractivity contribution is -0.123. The van der Waals surface area contributed by atoms with Gasteiger partial charge in [0.2, 0.25) is 0 Å². The summed E-state index contributed by atoms with van der Waals surface area (Å²) in [5.74, 6) is -0.220. The van der Waals surface area contributed by atoms with E-state index in [-0.39, 0.29) is 12.5 Å². The molecule has 5 nitrogen and oxygen atoms in total. The number of ether oxygens (including phenoxy) is 1. The van der Waals surface area contributed by atoms with Crippen LogP contribution in [0.2, 0.25) is 0 Å². The lowest BCUT2D eigenvalue weighted by Crippen LogP contribution is -2.43. The Labute approximate surface area is 134 Å². The van der Waals surface area contributed by atoms with E-state index in [4.69, 9.17) is 4.74 Å². The average molecular weight is 369 g/mol. The Balaban J connectivity index is 1.78. The summed E-state index contributed by atoms with van der Waals surface area (Å²) < 4.78 is 6.14. The summed E-state index contributed by atoms with van der Waals surface area (Å²) in [5, 5.41) is 1.79. The molecule has 1 heterocycles. The predicted molar refractivity (Wildman–Crippen MR) is 84.3 cm³/mol. The third kappa shape index (κ3) is 4.57. The first-order chi connectivity index (χ1) is 10.1. The summed E-state index contributed by atoms with van der Waals surface area (Å²) in [7, 11) is 0. The Hall–Kier alpha value is -1.86. The van der Waals surface area contributed by atoms with Crippen molar-refractivity contribution in [3.05, 3.63) is 50.6 Å². The molecule has 0 unspecified atom stereocenters. The number of carbonyl (C=O) groups is 2. The molecule has 2 aromatic rings. The standard InChI is InChI=1S/C14H13BrN2O3S/c1-9-4-5-11(10(15)7-9)20-8-13(18)16-17-14(19)12-3-2-6-21-12/h2-7H,8H2,1H3,(H,16,18)(H,17,19). The average Bonchev–Trinajstić information content (AvgIpc) is 2.98. The summed E-state index contributed by atoms with van der Waals surface area (Å²) in [6.45, 7) is 1.77. The van der Waals surface area contributed by atoms with Crippen molar-refractivity contribution in [1.82, 2.24) is 10.9 Å². The minimum atomic E-state index is -0.438. The third-order valence-corrected chi connectivity index (χ3v) is 3.99. The Kier molecular flexibility index (Phi) is 5.35. The Morgan fingerprint density at radius 3 is 2.76 bits per heavy atom. The quantitative estimate of drug-likeness (QED) is 0.815. The molecule has 0 aliphatic heterocycles. The van der Waals surface area contributed by atoms with E-state index >= 15 is 0 Å². The van der Waals surface area contributed by atoms with Gasteiger partial charge >= 0.3 is 0 Å². The summed E-state index contributed by atoms with van der Waals surface area (Å²) in [6, 6.07) is 8.99. The van der Waals surface area contributed by atoms with Gasteiger partial charge in [-0.05, 0) is 52.0 Å². The molecule has 0 aliphatic carbocycles. The highest BCUT2D eigenvalue weighted by atomic mass is 79.9. The van der Waals surface area contributed by atoms with E-state index in [0.29, 0.717) is 10.6 Å². The summed E-state index contributed by atoms with van der Waals surface area (Å²) >= 11 is 4.66. The zero-order valence-corrected chi connectivity index (χ0v) is 13.6. The lowest BCUT2D eigenvalue weighted by atomic mass is 10.2. The zero-order chi connectivity index (χ0) is 15.2. The molecule has 2 N–H and O–H groups in total. The number of thiophene rings is 1. The van der Waals surface area contributed by atoms with Crippen LogP contribution in [0, 0.1) is 6.92 Å². The van der Waals surface area contributed by atoms with Crippen LogP contribution in [-0.4, -0.2) is 18.4 Å². The summed E-state index contributed by atoms with van der Waals surface area (Å²) in [6.07, 6.45) is 0. The Morgan fingerprint density at radius 2 is 2.10 bits per heavy atom. The second-order valence-electron chi connectivity index (χ2n) is 4.20. The van der Waals surface area contributed by atoms with E-state index in [1.165, 1.54) is 11.3 Å². The maximum atomic E-state index is 11.6. The van der Waals surface area contributed by atoms with E-state index in [0.717, 1.165) is 10.0 Å². The highest BCUT2D eigenvalue weighted by molar-refractivity contribution is 9.10. The number of aryl methyl sites for hydroxylation is 1. The molecule has 0 spiro atoms. The van der Waals surface area contributed by atoms with Crippen molar-refractivity contribution in [2.24, 2.45) is 0 Å². The number of carbonyl (C=O) groups excluding carboxylic acids is 2. The van der Waals surface area contributed by atoms with Crippen LogP contribution in [0.1, 0.15) is 15.2 Å². The minimum Gasteiger partial charge on any atom is -0.483 e. The Bertz CT molecular complexity index is 644. The van der Waals surface area contributed by atoms with Crippen LogP contribution >= 0.6 is 27.3 Å². The molecule has 0 saturated carbocycles. The van der Waals surface area contributed by atoms with Crippen molar-refractivity contribution in [3.8, 4) is 5.75 Å². The molecule has 1 aromatic carbocycles. The van der Waals surface area contributed by atoms with Gasteiger partial charge in [-0.3, -0.25) is 20.4 Å². The molecule has 0 bridgehead atoms. The predicted octanol–water partition coefficient (Wildman–Crippen LogP) is 2.66. The fourth-order valence-corrected chi connectivity index (χ4v) is 2.72. The van der Waals surface area contributed by atoms with Gasteiger partial charge in [0.05, 0.1) is 9.35 Å². The maximum Gasteiger partial charge on any atom is 0.279 e. The zero-order valence-electron chi connectivity index (χ0n) is 11.2. The van der Waals surface area contributed by atoms with Crippen molar-refractivity contribution < 1.29 is 14.3 Å². The first-order valence-electron chi connectivity index (χ1n) is 6.08. The van der Waals surface area contributed by atoms with E-state index in [1.54, 1.807) is 23.6 Å². The second kappa shape index (κ2) is 7.24. The number of hydrazine groups is 1. The highest BCUT2D eigenvalue weighted by Gasteiger charge is 2.09. The minimum absolute atomic E-state index is 0.188. The number of rotatable bonds is 4. The number of amides is 2. The van der Waals surface area contributed by atoms with Gasteiger partial charge in [0, 0.05) is 0 Å². The number of hydrogen-bond acceptors (Lipinski definition) is 4. The second-order valence-corrected chi connectivity index (χ2v) is 6.00. The summed E-state index contributed by atoms with van der Waals surface area (Å²) in [4.78, 5) is 23.7. The number of hydrogen-bond donors (Lipinski definition) is 2. The molecular formula is C14H13BrN2O3S. The van der Waals surface area contributed by atoms with Crippen LogP contribution in [0.5, 0.6) is 5.75 Å². The Morgan fingerprint density at radius 1 is 1.29 bits per heavy atom. The summed E-state index contributed by atoms with van der Waals surface area (Å²) in [5.41, 5.74) is 5.71. The van der Waals surface area contributed by atoms with Crippen LogP contribution in [0.25, 0.3) is 0 Å². The van der Waals surface area contributed by atoms with Gasteiger partial charge in [0.15, 0.2) is 6.61 Å². The van der Waals surface area contributed by atoms with E-state index in [2.05, 4.69) is 26.8 Å². The van der Waals surface area contributed by atoms with Gasteiger partial charge in [-0.1, -0.05) is 12.1 Å². The van der Waals surface area contributed by atoms with Gasteiger partial charge < -0.3 is 4.74 Å². The van der Waals surface area contributed by atoms with E-state index in [9.17, 15) is 9.59 Å². The van der Waals surface area contributed by atoms with Crippen LogP contribution < -0.4 is 15.6 Å². The molecule has 21 heavy (non-hydrogen) atoms. The van der Waals surface area contributed by atoms with Crippen molar-refractivity contribution >= 4 is 39.1 Å². The van der Waals surface area contributed by atoms with E-state index in [1.807, 2.05) is 19.1 Å². The molecule has 7 heteroatoms. The monoisotopic (exact) mass is 368 g/mol. The van der Waals surface area contributed by atoms with Gasteiger partial charge in [-0.2, -0.15) is 0 Å². The van der Waals surface area contributed by atoms with E-state index < -0.39 is 5.91 Å². The molecule has 2 rings (SSSR count). The van der Waals surface area contributed by atoms with Crippen molar-refractivity contribution in [2.75, 3.05) is 6.61 Å². The van der Waals surface area contributed by atoms with Crippen molar-refractivity contribution in [2.45, 2.75) is 6.92 Å². The van der Waals surface area contributed by atoms with Gasteiger partial charge in [-0.25, -0.2) is 0 Å². The fraction of sp³-hybridized carbons (Fsp3) is 0.143. The third-order valence-electron chi connectivity index (χ3n) is 2.51. The van der Waals surface area contributed by atoms with Crippen molar-refractivity contribution in [3.63, 3.8) is 0 Å². The first-order valence-corrected chi connectivity index (χ1v) is 7.75.